The van der Waals surface area contributed by atoms with Gasteiger partial charge in [0.05, 0.1) is 4.91 Å². The molecule has 0 bridgehead atoms. The lowest BCUT2D eigenvalue weighted by atomic mass is 10.4. The van der Waals surface area contributed by atoms with E-state index in [1.807, 2.05) is 0 Å². The molecule has 0 atom stereocenters. The van der Waals surface area contributed by atoms with E-state index in [1.54, 1.807) is 18.2 Å². The van der Waals surface area contributed by atoms with Crippen LogP contribution in [0.1, 0.15) is 0 Å². The van der Waals surface area contributed by atoms with E-state index in [9.17, 15) is 8.42 Å². The lowest BCUT2D eigenvalue weighted by molar-refractivity contribution is 0.620. The van der Waals surface area contributed by atoms with Crippen LogP contribution < -0.4 is 0 Å². The molecule has 0 aliphatic rings. The van der Waals surface area contributed by atoms with Gasteiger partial charge in [0.15, 0.2) is 10.7 Å². The van der Waals surface area contributed by atoms with Gasteiger partial charge >= 0.3 is 0 Å². The summed E-state index contributed by atoms with van der Waals surface area (Å²) in [7, 11) is -2.52. The highest BCUT2D eigenvalue weighted by molar-refractivity contribution is 7.77. The minimum atomic E-state index is -2.52. The Morgan fingerprint density at radius 3 is 2.18 bits per heavy atom. The van der Waals surface area contributed by atoms with Gasteiger partial charge in [0.25, 0.3) is 0 Å². The average Bonchev–Trinajstić information content (AvgIpc) is 1.97. The maximum absolute atomic E-state index is 10.4. The van der Waals surface area contributed by atoms with Gasteiger partial charge in [-0.25, -0.2) is 8.42 Å². The molecule has 0 amide bonds. The lowest BCUT2D eigenvalue weighted by Crippen LogP contribution is -1.77. The highest BCUT2D eigenvalue weighted by Crippen LogP contribution is 1.95. The molecule has 0 saturated carbocycles. The van der Waals surface area contributed by atoms with Gasteiger partial charge in [0.1, 0.15) is 0 Å². The monoisotopic (exact) mass is 170 g/mol. The Hall–Kier alpha value is -1.09. The van der Waals surface area contributed by atoms with Crippen LogP contribution in [-0.2, 0) is 10.7 Å². The molecule has 60 valence electrons. The van der Waals surface area contributed by atoms with Crippen LogP contribution in [0.3, 0.4) is 0 Å². The second-order valence-electron chi connectivity index (χ2n) is 1.67. The Morgan fingerprint density at radius 1 is 1.18 bits per heavy atom. The first kappa shape index (κ1) is 9.91. The summed E-state index contributed by atoms with van der Waals surface area (Å²) < 4.78 is 20.7. The van der Waals surface area contributed by atoms with Crippen molar-refractivity contribution in [3.05, 3.63) is 48.4 Å². The predicted molar refractivity (Wildman–Crippen MR) is 47.9 cm³/mol. The molecule has 2 nitrogen and oxygen atoms in total. The number of hydrogen-bond acceptors (Lipinski definition) is 2. The lowest BCUT2D eigenvalue weighted by Gasteiger charge is -1.83. The van der Waals surface area contributed by atoms with Crippen molar-refractivity contribution in [2.45, 2.75) is 0 Å². The van der Waals surface area contributed by atoms with Crippen LogP contribution in [0.4, 0.5) is 0 Å². The predicted octanol–water partition coefficient (Wildman–Crippen LogP) is 1.41. The van der Waals surface area contributed by atoms with E-state index in [0.717, 1.165) is 0 Å². The summed E-state index contributed by atoms with van der Waals surface area (Å²) in [5.74, 6) is 0. The summed E-state index contributed by atoms with van der Waals surface area (Å²) >= 11 is 0. The Morgan fingerprint density at radius 2 is 1.82 bits per heavy atom. The summed E-state index contributed by atoms with van der Waals surface area (Å²) in [5.41, 5.74) is 0. The summed E-state index contributed by atoms with van der Waals surface area (Å²) in [5, 5.41) is 0. The maximum Gasteiger partial charge on any atom is 0.168 e. The Bertz CT molecular complexity index is 262. The molecule has 0 N–H and O–H groups in total. The summed E-state index contributed by atoms with van der Waals surface area (Å²) in [6.07, 6.45) is 7.55. The molecule has 0 heterocycles. The molecule has 0 saturated heterocycles. The Balaban J connectivity index is 4.48. The van der Waals surface area contributed by atoms with Gasteiger partial charge in [-0.2, -0.15) is 0 Å². The third-order valence-electron chi connectivity index (χ3n) is 0.934. The van der Waals surface area contributed by atoms with Crippen molar-refractivity contribution in [1.29, 1.82) is 0 Å². The largest absolute Gasteiger partial charge is 0.227 e. The Kier molecular flexibility index (Phi) is 5.11. The molecule has 3 heteroatoms. The number of allylic oxidation sites excluding steroid dienone is 5. The molecule has 0 aliphatic carbocycles. The topological polar surface area (TPSA) is 34.1 Å². The minimum Gasteiger partial charge on any atom is -0.227 e. The molecule has 0 rings (SSSR count). The second-order valence-corrected chi connectivity index (χ2v) is 2.70. The minimum absolute atomic E-state index is 0.207. The van der Waals surface area contributed by atoms with E-state index in [0.29, 0.717) is 0 Å². The first-order chi connectivity index (χ1) is 5.22. The standard InChI is InChI=1S/C8H10O2S/c1-3-5-6-7-8(4-2)11(9)10/h3-7,11H,1-2H2/b6-5-,8-7+. The SMILES string of the molecule is C=C/C=C\C=C(/C=C)[SH](=O)=O. The van der Waals surface area contributed by atoms with Crippen LogP contribution in [0.15, 0.2) is 48.4 Å². The van der Waals surface area contributed by atoms with Crippen molar-refractivity contribution in [1.82, 2.24) is 0 Å². The zero-order chi connectivity index (χ0) is 8.69. The van der Waals surface area contributed by atoms with Crippen molar-refractivity contribution in [2.75, 3.05) is 0 Å². The van der Waals surface area contributed by atoms with E-state index in [2.05, 4.69) is 13.2 Å². The summed E-state index contributed by atoms with van der Waals surface area (Å²) in [4.78, 5) is 0.207. The van der Waals surface area contributed by atoms with Crippen molar-refractivity contribution >= 4 is 10.7 Å². The fourth-order valence-electron chi connectivity index (χ4n) is 0.436. The maximum atomic E-state index is 10.4. The van der Waals surface area contributed by atoms with Gasteiger partial charge in [-0.1, -0.05) is 37.5 Å². The van der Waals surface area contributed by atoms with Gasteiger partial charge in [0.2, 0.25) is 0 Å². The van der Waals surface area contributed by atoms with E-state index >= 15 is 0 Å². The molecule has 0 aromatic heterocycles. The van der Waals surface area contributed by atoms with Crippen molar-refractivity contribution in [3.8, 4) is 0 Å². The molecule has 0 unspecified atom stereocenters. The second kappa shape index (κ2) is 5.68. The Labute approximate surface area is 68.2 Å². The number of thiol groups is 1. The average molecular weight is 170 g/mol. The molecule has 0 aromatic rings. The molecular formula is C8H10O2S. The zero-order valence-electron chi connectivity index (χ0n) is 6.06. The highest BCUT2D eigenvalue weighted by atomic mass is 32.2. The van der Waals surface area contributed by atoms with Crippen LogP contribution in [0, 0.1) is 0 Å². The van der Waals surface area contributed by atoms with Crippen LogP contribution >= 0.6 is 0 Å². The molecule has 0 fully saturated rings. The number of hydrogen-bond donors (Lipinski definition) is 1. The van der Waals surface area contributed by atoms with E-state index in [4.69, 9.17) is 0 Å². The molecule has 0 aliphatic heterocycles. The van der Waals surface area contributed by atoms with E-state index in [1.165, 1.54) is 12.2 Å². The van der Waals surface area contributed by atoms with Crippen LogP contribution in [0.25, 0.3) is 0 Å². The van der Waals surface area contributed by atoms with Crippen LogP contribution in [-0.4, -0.2) is 8.42 Å². The summed E-state index contributed by atoms with van der Waals surface area (Å²) in [6, 6.07) is 0. The van der Waals surface area contributed by atoms with Crippen molar-refractivity contribution < 1.29 is 8.42 Å². The van der Waals surface area contributed by atoms with Crippen molar-refractivity contribution in [2.24, 2.45) is 0 Å². The fourth-order valence-corrected chi connectivity index (χ4v) is 0.793. The molecule has 0 radical (unpaired) electrons. The fraction of sp³-hybridized carbons (Fsp3) is 0. The van der Waals surface area contributed by atoms with Gasteiger partial charge in [-0.15, -0.1) is 0 Å². The molecule has 0 aromatic carbocycles. The van der Waals surface area contributed by atoms with E-state index in [-0.39, 0.29) is 4.91 Å². The smallest absolute Gasteiger partial charge is 0.168 e. The van der Waals surface area contributed by atoms with Crippen LogP contribution in [0.2, 0.25) is 0 Å². The zero-order valence-corrected chi connectivity index (χ0v) is 6.96. The van der Waals surface area contributed by atoms with Gasteiger partial charge < -0.3 is 0 Å². The van der Waals surface area contributed by atoms with E-state index < -0.39 is 10.7 Å². The first-order valence-electron chi connectivity index (χ1n) is 2.98. The molecule has 11 heavy (non-hydrogen) atoms. The molecule has 0 spiro atoms. The molecular weight excluding hydrogens is 160 g/mol. The third kappa shape index (κ3) is 4.33. The van der Waals surface area contributed by atoms with Crippen LogP contribution in [0.5, 0.6) is 0 Å². The normalized spacial score (nSPS) is 12.3. The first-order valence-corrected chi connectivity index (χ1v) is 4.16. The quantitative estimate of drug-likeness (QED) is 0.511. The van der Waals surface area contributed by atoms with Gasteiger partial charge in [-0.05, 0) is 6.08 Å². The van der Waals surface area contributed by atoms with Crippen molar-refractivity contribution in [3.63, 3.8) is 0 Å². The summed E-state index contributed by atoms with van der Waals surface area (Å²) in [6.45, 7) is 6.78. The number of rotatable bonds is 4. The van der Waals surface area contributed by atoms with Gasteiger partial charge in [0, 0.05) is 0 Å². The van der Waals surface area contributed by atoms with Gasteiger partial charge in [-0.3, -0.25) is 0 Å². The third-order valence-corrected chi connectivity index (χ3v) is 1.69. The highest BCUT2D eigenvalue weighted by Gasteiger charge is 1.88.